The second-order valence-corrected chi connectivity index (χ2v) is 5.87. The summed E-state index contributed by atoms with van der Waals surface area (Å²) >= 11 is 0. The number of aromatic nitrogens is 2. The Morgan fingerprint density at radius 2 is 2.04 bits per heavy atom. The number of carbonyl (C=O) groups excluding carboxylic acids is 1. The molecule has 1 fully saturated rings. The Balaban J connectivity index is 1.72. The van der Waals surface area contributed by atoms with Crippen molar-refractivity contribution in [2.75, 3.05) is 22.9 Å². The quantitative estimate of drug-likeness (QED) is 0.881. The average Bonchev–Trinajstić information content (AvgIpc) is 3.22. The maximum atomic E-state index is 12.8. The van der Waals surface area contributed by atoms with Gasteiger partial charge >= 0.3 is 5.97 Å². The number of nitrogens with zero attached hydrogens (tertiary/aromatic N) is 3. The largest absolute Gasteiger partial charge is 0.477 e. The Morgan fingerprint density at radius 3 is 2.78 bits per heavy atom. The third-order valence-electron chi connectivity index (χ3n) is 4.52. The minimum atomic E-state index is -1.13. The second-order valence-electron chi connectivity index (χ2n) is 5.87. The monoisotopic (exact) mass is 312 g/mol. The van der Waals surface area contributed by atoms with Gasteiger partial charge < -0.3 is 14.9 Å². The Morgan fingerprint density at radius 1 is 1.26 bits per heavy atom. The molecular weight excluding hydrogens is 296 g/mol. The molecule has 4 rings (SSSR count). The third kappa shape index (κ3) is 2.16. The minimum Gasteiger partial charge on any atom is -0.477 e. The molecule has 7 heteroatoms. The number of aromatic amines is 1. The molecule has 0 bridgehead atoms. The van der Waals surface area contributed by atoms with E-state index in [-0.39, 0.29) is 17.3 Å². The van der Waals surface area contributed by atoms with E-state index < -0.39 is 5.97 Å². The standard InChI is InChI=1S/C16H16N4O3/c21-15(11-8-12(16(22)23)18-17-11)20-9-10-4-3-7-19(10)13-5-1-2-6-14(13)20/h1-2,5-6,8,10H,3-4,7,9H2,(H,17,18)(H,22,23). The van der Waals surface area contributed by atoms with E-state index in [0.29, 0.717) is 12.6 Å². The van der Waals surface area contributed by atoms with Crippen LogP contribution >= 0.6 is 0 Å². The molecule has 1 amide bonds. The number of aromatic carboxylic acids is 1. The summed E-state index contributed by atoms with van der Waals surface area (Å²) in [6.07, 6.45) is 2.17. The number of benzene rings is 1. The highest BCUT2D eigenvalue weighted by atomic mass is 16.4. The minimum absolute atomic E-state index is 0.0823. The van der Waals surface area contributed by atoms with E-state index in [0.717, 1.165) is 30.8 Å². The fraction of sp³-hybridized carbons (Fsp3) is 0.312. The lowest BCUT2D eigenvalue weighted by molar-refractivity contribution is 0.0690. The van der Waals surface area contributed by atoms with E-state index in [1.165, 1.54) is 6.07 Å². The van der Waals surface area contributed by atoms with Gasteiger partial charge in [-0.05, 0) is 25.0 Å². The van der Waals surface area contributed by atoms with E-state index in [1.807, 2.05) is 24.3 Å². The number of amides is 1. The van der Waals surface area contributed by atoms with Crippen molar-refractivity contribution in [3.63, 3.8) is 0 Å². The Bertz CT molecular complexity index is 785. The molecule has 0 radical (unpaired) electrons. The molecule has 23 heavy (non-hydrogen) atoms. The molecule has 0 saturated carbocycles. The second kappa shape index (κ2) is 5.12. The molecule has 0 spiro atoms. The number of nitrogens with one attached hydrogen (secondary N) is 1. The fourth-order valence-corrected chi connectivity index (χ4v) is 3.46. The summed E-state index contributed by atoms with van der Waals surface area (Å²) in [5.41, 5.74) is 1.96. The normalized spacial score (nSPS) is 19.4. The fourth-order valence-electron chi connectivity index (χ4n) is 3.46. The predicted octanol–water partition coefficient (Wildman–Crippen LogP) is 1.74. The van der Waals surface area contributed by atoms with Crippen molar-refractivity contribution in [2.45, 2.75) is 18.9 Å². The first-order chi connectivity index (χ1) is 11.1. The topological polar surface area (TPSA) is 89.5 Å². The maximum Gasteiger partial charge on any atom is 0.353 e. The Labute approximate surface area is 132 Å². The van der Waals surface area contributed by atoms with Crippen LogP contribution < -0.4 is 9.80 Å². The van der Waals surface area contributed by atoms with Crippen molar-refractivity contribution >= 4 is 23.3 Å². The van der Waals surface area contributed by atoms with Gasteiger partial charge in [-0.3, -0.25) is 9.89 Å². The summed E-state index contributed by atoms with van der Waals surface area (Å²) in [5.74, 6) is -1.40. The zero-order valence-corrected chi connectivity index (χ0v) is 12.4. The molecule has 1 saturated heterocycles. The number of carboxylic acids is 1. The van der Waals surface area contributed by atoms with Crippen molar-refractivity contribution in [2.24, 2.45) is 0 Å². The van der Waals surface area contributed by atoms with Crippen LogP contribution in [0.25, 0.3) is 0 Å². The first-order valence-electron chi connectivity index (χ1n) is 7.61. The van der Waals surface area contributed by atoms with Gasteiger partial charge in [0.15, 0.2) is 5.69 Å². The number of fused-ring (bicyclic) bond motifs is 3. The van der Waals surface area contributed by atoms with Gasteiger partial charge in [0, 0.05) is 25.2 Å². The Hall–Kier alpha value is -2.83. The van der Waals surface area contributed by atoms with Gasteiger partial charge in [0.05, 0.1) is 11.4 Å². The summed E-state index contributed by atoms with van der Waals surface area (Å²) in [6.45, 7) is 1.61. The van der Waals surface area contributed by atoms with Crippen LogP contribution in [0, 0.1) is 0 Å². The zero-order valence-electron chi connectivity index (χ0n) is 12.4. The first kappa shape index (κ1) is 13.8. The van der Waals surface area contributed by atoms with Crippen molar-refractivity contribution in [3.05, 3.63) is 41.7 Å². The molecule has 2 aromatic rings. The van der Waals surface area contributed by atoms with E-state index in [9.17, 15) is 9.59 Å². The molecule has 2 N–H and O–H groups in total. The zero-order chi connectivity index (χ0) is 16.0. The predicted molar refractivity (Wildman–Crippen MR) is 84.0 cm³/mol. The molecule has 1 unspecified atom stereocenters. The molecule has 2 aliphatic rings. The molecule has 1 atom stereocenters. The van der Waals surface area contributed by atoms with Gasteiger partial charge in [0.25, 0.3) is 5.91 Å². The number of carboxylic acid groups (broad SMARTS) is 1. The van der Waals surface area contributed by atoms with Crippen molar-refractivity contribution in [3.8, 4) is 0 Å². The molecule has 118 valence electrons. The van der Waals surface area contributed by atoms with Crippen LogP contribution in [0.1, 0.15) is 33.8 Å². The van der Waals surface area contributed by atoms with Gasteiger partial charge in [-0.15, -0.1) is 0 Å². The molecule has 3 heterocycles. The van der Waals surface area contributed by atoms with E-state index in [1.54, 1.807) is 4.90 Å². The summed E-state index contributed by atoms with van der Waals surface area (Å²) < 4.78 is 0. The molecule has 1 aromatic heterocycles. The van der Waals surface area contributed by atoms with Crippen molar-refractivity contribution < 1.29 is 14.7 Å². The molecule has 7 nitrogen and oxygen atoms in total. The van der Waals surface area contributed by atoms with E-state index in [4.69, 9.17) is 5.11 Å². The highest BCUT2D eigenvalue weighted by Crippen LogP contribution is 2.39. The maximum absolute atomic E-state index is 12.8. The molecule has 2 aliphatic heterocycles. The highest BCUT2D eigenvalue weighted by Gasteiger charge is 2.36. The summed E-state index contributed by atoms with van der Waals surface area (Å²) in [4.78, 5) is 27.8. The number of carbonyl (C=O) groups is 2. The van der Waals surface area contributed by atoms with Gasteiger partial charge in [0.1, 0.15) is 5.69 Å². The van der Waals surface area contributed by atoms with Crippen LogP contribution in [0.2, 0.25) is 0 Å². The number of hydrogen-bond acceptors (Lipinski definition) is 4. The van der Waals surface area contributed by atoms with Crippen LogP contribution in [-0.4, -0.2) is 46.3 Å². The van der Waals surface area contributed by atoms with Crippen LogP contribution in [0.5, 0.6) is 0 Å². The van der Waals surface area contributed by atoms with Gasteiger partial charge in [-0.1, -0.05) is 12.1 Å². The third-order valence-corrected chi connectivity index (χ3v) is 4.52. The SMILES string of the molecule is O=C(O)c1cc(C(=O)N2CC3CCCN3c3ccccc32)n[nH]1. The van der Waals surface area contributed by atoms with E-state index in [2.05, 4.69) is 15.1 Å². The van der Waals surface area contributed by atoms with Gasteiger partial charge in [-0.2, -0.15) is 5.10 Å². The Kier molecular flexibility index (Phi) is 3.07. The van der Waals surface area contributed by atoms with Crippen LogP contribution in [-0.2, 0) is 0 Å². The molecule has 0 aliphatic carbocycles. The number of rotatable bonds is 2. The highest BCUT2D eigenvalue weighted by molar-refractivity contribution is 6.08. The van der Waals surface area contributed by atoms with Crippen LogP contribution in [0.15, 0.2) is 30.3 Å². The number of anilines is 2. The van der Waals surface area contributed by atoms with Crippen LogP contribution in [0.4, 0.5) is 11.4 Å². The van der Waals surface area contributed by atoms with Gasteiger partial charge in [0.2, 0.25) is 0 Å². The number of H-pyrrole nitrogens is 1. The first-order valence-corrected chi connectivity index (χ1v) is 7.61. The lowest BCUT2D eigenvalue weighted by Crippen LogP contribution is -2.48. The average molecular weight is 312 g/mol. The van der Waals surface area contributed by atoms with Gasteiger partial charge in [-0.25, -0.2) is 4.79 Å². The lowest BCUT2D eigenvalue weighted by Gasteiger charge is -2.39. The summed E-state index contributed by atoms with van der Waals surface area (Å²) in [5, 5.41) is 15.2. The lowest BCUT2D eigenvalue weighted by atomic mass is 10.1. The van der Waals surface area contributed by atoms with E-state index >= 15 is 0 Å². The summed E-state index contributed by atoms with van der Waals surface area (Å²) in [7, 11) is 0. The number of para-hydroxylation sites is 2. The van der Waals surface area contributed by atoms with Crippen molar-refractivity contribution in [1.82, 2.24) is 10.2 Å². The van der Waals surface area contributed by atoms with Crippen molar-refractivity contribution in [1.29, 1.82) is 0 Å². The summed E-state index contributed by atoms with van der Waals surface area (Å²) in [6, 6.07) is 9.43. The van der Waals surface area contributed by atoms with Crippen LogP contribution in [0.3, 0.4) is 0 Å². The molecule has 1 aromatic carbocycles. The smallest absolute Gasteiger partial charge is 0.353 e. The number of hydrogen-bond donors (Lipinski definition) is 2. The molecular formula is C16H16N4O3.